The molecule has 66 valence electrons. The fourth-order valence-electron chi connectivity index (χ4n) is 2.87. The standard InChI is InChI=1S/C12H12O/c1-7-9-6-5-8-3-2-4-10(11(8)9)12(7)13/h2-4,7,9H,5-6H2,1H3. The van der Waals surface area contributed by atoms with Crippen LogP contribution >= 0.6 is 0 Å². The van der Waals surface area contributed by atoms with Crippen LogP contribution in [0.25, 0.3) is 0 Å². The van der Waals surface area contributed by atoms with E-state index in [0.29, 0.717) is 11.7 Å². The molecular weight excluding hydrogens is 160 g/mol. The molecule has 1 heteroatoms. The summed E-state index contributed by atoms with van der Waals surface area (Å²) in [7, 11) is 0. The van der Waals surface area contributed by atoms with Crippen LogP contribution in [0.3, 0.4) is 0 Å². The molecule has 0 radical (unpaired) electrons. The van der Waals surface area contributed by atoms with Crippen molar-refractivity contribution >= 4 is 5.78 Å². The molecule has 1 aromatic rings. The Morgan fingerprint density at radius 1 is 1.38 bits per heavy atom. The smallest absolute Gasteiger partial charge is 0.166 e. The maximum Gasteiger partial charge on any atom is 0.166 e. The van der Waals surface area contributed by atoms with E-state index in [2.05, 4.69) is 13.0 Å². The lowest BCUT2D eigenvalue weighted by Crippen LogP contribution is -2.08. The first-order valence-corrected chi connectivity index (χ1v) is 4.95. The third-order valence-corrected chi connectivity index (χ3v) is 3.57. The molecule has 0 N–H and O–H groups in total. The predicted octanol–water partition coefficient (Wildman–Crippen LogP) is 2.55. The van der Waals surface area contributed by atoms with Gasteiger partial charge in [0.05, 0.1) is 0 Å². The molecule has 0 heterocycles. The maximum atomic E-state index is 11.8. The highest BCUT2D eigenvalue weighted by atomic mass is 16.1. The van der Waals surface area contributed by atoms with Gasteiger partial charge in [0.2, 0.25) is 0 Å². The van der Waals surface area contributed by atoms with Gasteiger partial charge in [-0.15, -0.1) is 0 Å². The van der Waals surface area contributed by atoms with E-state index in [9.17, 15) is 4.79 Å². The van der Waals surface area contributed by atoms with E-state index in [4.69, 9.17) is 0 Å². The van der Waals surface area contributed by atoms with E-state index in [1.165, 1.54) is 24.0 Å². The molecule has 2 unspecified atom stereocenters. The summed E-state index contributed by atoms with van der Waals surface area (Å²) in [5, 5.41) is 0. The van der Waals surface area contributed by atoms with Crippen LogP contribution < -0.4 is 0 Å². The van der Waals surface area contributed by atoms with Gasteiger partial charge in [0.15, 0.2) is 5.78 Å². The molecule has 0 bridgehead atoms. The zero-order valence-corrected chi connectivity index (χ0v) is 7.71. The fraction of sp³-hybridized carbons (Fsp3) is 0.417. The number of benzene rings is 1. The van der Waals surface area contributed by atoms with Gasteiger partial charge in [-0.2, -0.15) is 0 Å². The minimum absolute atomic E-state index is 0.235. The van der Waals surface area contributed by atoms with Crippen LogP contribution in [0.2, 0.25) is 0 Å². The molecule has 0 fully saturated rings. The van der Waals surface area contributed by atoms with Gasteiger partial charge >= 0.3 is 0 Å². The van der Waals surface area contributed by atoms with Crippen LogP contribution in [0.1, 0.15) is 40.7 Å². The molecule has 0 spiro atoms. The van der Waals surface area contributed by atoms with Gasteiger partial charge in [0, 0.05) is 11.5 Å². The molecule has 1 nitrogen and oxygen atoms in total. The van der Waals surface area contributed by atoms with Crippen LogP contribution in [0, 0.1) is 5.92 Å². The van der Waals surface area contributed by atoms with E-state index in [1.807, 2.05) is 12.1 Å². The third-order valence-electron chi connectivity index (χ3n) is 3.57. The van der Waals surface area contributed by atoms with Crippen LogP contribution in [-0.2, 0) is 6.42 Å². The number of hydrogen-bond acceptors (Lipinski definition) is 1. The van der Waals surface area contributed by atoms with Gasteiger partial charge in [0.25, 0.3) is 0 Å². The molecule has 3 rings (SSSR count). The SMILES string of the molecule is CC1C(=O)c2cccc3c2C1CC3. The Morgan fingerprint density at radius 3 is 3.08 bits per heavy atom. The largest absolute Gasteiger partial charge is 0.294 e. The van der Waals surface area contributed by atoms with E-state index >= 15 is 0 Å². The van der Waals surface area contributed by atoms with Crippen molar-refractivity contribution in [1.29, 1.82) is 0 Å². The molecule has 0 aliphatic heterocycles. The summed E-state index contributed by atoms with van der Waals surface area (Å²) >= 11 is 0. The van der Waals surface area contributed by atoms with Crippen LogP contribution in [0.15, 0.2) is 18.2 Å². The lowest BCUT2D eigenvalue weighted by molar-refractivity contribution is 0.0933. The van der Waals surface area contributed by atoms with Crippen LogP contribution in [0.4, 0.5) is 0 Å². The summed E-state index contributed by atoms with van der Waals surface area (Å²) < 4.78 is 0. The van der Waals surface area contributed by atoms with Crippen molar-refractivity contribution in [1.82, 2.24) is 0 Å². The number of rotatable bonds is 0. The molecule has 1 aromatic carbocycles. The lowest BCUT2D eigenvalue weighted by atomic mass is 9.95. The molecule has 0 saturated heterocycles. The summed E-state index contributed by atoms with van der Waals surface area (Å²) in [6, 6.07) is 6.18. The molecule has 2 aliphatic carbocycles. The second-order valence-corrected chi connectivity index (χ2v) is 4.18. The van der Waals surface area contributed by atoms with E-state index < -0.39 is 0 Å². The van der Waals surface area contributed by atoms with Gasteiger partial charge in [0.1, 0.15) is 0 Å². The molecule has 2 atom stereocenters. The molecular formula is C12H12O. The van der Waals surface area contributed by atoms with E-state index in [-0.39, 0.29) is 5.92 Å². The predicted molar refractivity (Wildman–Crippen MR) is 51.0 cm³/mol. The van der Waals surface area contributed by atoms with Crippen molar-refractivity contribution in [2.24, 2.45) is 5.92 Å². The zero-order chi connectivity index (χ0) is 9.00. The Bertz CT molecular complexity index is 392. The summed E-state index contributed by atoms with van der Waals surface area (Å²) in [4.78, 5) is 11.8. The van der Waals surface area contributed by atoms with Crippen molar-refractivity contribution < 1.29 is 4.79 Å². The summed E-state index contributed by atoms with van der Waals surface area (Å²) in [5.41, 5.74) is 3.80. The average molecular weight is 172 g/mol. The van der Waals surface area contributed by atoms with E-state index in [0.717, 1.165) is 5.56 Å². The Morgan fingerprint density at radius 2 is 2.23 bits per heavy atom. The highest BCUT2D eigenvalue weighted by Gasteiger charge is 2.40. The Kier molecular flexibility index (Phi) is 1.25. The van der Waals surface area contributed by atoms with Crippen molar-refractivity contribution in [2.75, 3.05) is 0 Å². The highest BCUT2D eigenvalue weighted by molar-refractivity contribution is 6.03. The number of aryl methyl sites for hydroxylation is 1. The molecule has 0 amide bonds. The Balaban J connectivity index is 2.32. The normalized spacial score (nSPS) is 29.5. The van der Waals surface area contributed by atoms with Crippen LogP contribution in [0.5, 0.6) is 0 Å². The zero-order valence-electron chi connectivity index (χ0n) is 7.71. The number of Topliss-reactive ketones (excluding diaryl/α,β-unsaturated/α-hetero) is 1. The minimum atomic E-state index is 0.235. The quantitative estimate of drug-likeness (QED) is 0.587. The van der Waals surface area contributed by atoms with E-state index in [1.54, 1.807) is 0 Å². The van der Waals surface area contributed by atoms with Gasteiger partial charge < -0.3 is 0 Å². The monoisotopic (exact) mass is 172 g/mol. The fourth-order valence-corrected chi connectivity index (χ4v) is 2.87. The number of carbonyl (C=O) groups excluding carboxylic acids is 1. The summed E-state index contributed by atoms with van der Waals surface area (Å²) in [5.74, 6) is 1.14. The third kappa shape index (κ3) is 0.749. The Hall–Kier alpha value is -1.11. The van der Waals surface area contributed by atoms with Crippen molar-refractivity contribution in [3.63, 3.8) is 0 Å². The maximum absolute atomic E-state index is 11.8. The minimum Gasteiger partial charge on any atom is -0.294 e. The molecule has 13 heavy (non-hydrogen) atoms. The van der Waals surface area contributed by atoms with Gasteiger partial charge in [-0.05, 0) is 29.9 Å². The van der Waals surface area contributed by atoms with Crippen LogP contribution in [-0.4, -0.2) is 5.78 Å². The molecule has 0 aromatic heterocycles. The summed E-state index contributed by atoms with van der Waals surface area (Å²) in [6.07, 6.45) is 2.35. The molecule has 2 aliphatic rings. The number of hydrogen-bond donors (Lipinski definition) is 0. The first-order valence-electron chi connectivity index (χ1n) is 4.95. The van der Waals surface area contributed by atoms with Crippen molar-refractivity contribution in [3.8, 4) is 0 Å². The highest BCUT2D eigenvalue weighted by Crippen LogP contribution is 2.46. The molecule has 0 saturated carbocycles. The second-order valence-electron chi connectivity index (χ2n) is 4.18. The Labute approximate surface area is 77.8 Å². The number of ketones is 1. The van der Waals surface area contributed by atoms with Gasteiger partial charge in [-0.1, -0.05) is 25.1 Å². The topological polar surface area (TPSA) is 17.1 Å². The first-order chi connectivity index (χ1) is 6.29. The van der Waals surface area contributed by atoms with Gasteiger partial charge in [-0.25, -0.2) is 0 Å². The average Bonchev–Trinajstić information content (AvgIpc) is 2.67. The number of carbonyl (C=O) groups is 1. The second kappa shape index (κ2) is 2.22. The lowest BCUT2D eigenvalue weighted by Gasteiger charge is -2.07. The van der Waals surface area contributed by atoms with Crippen molar-refractivity contribution in [3.05, 3.63) is 34.9 Å². The van der Waals surface area contributed by atoms with Crippen molar-refractivity contribution in [2.45, 2.75) is 25.7 Å². The summed E-state index contributed by atoms with van der Waals surface area (Å²) in [6.45, 7) is 2.07. The van der Waals surface area contributed by atoms with Gasteiger partial charge in [-0.3, -0.25) is 4.79 Å². The first kappa shape index (κ1) is 7.31.